The average molecular weight is 361 g/mol. The highest BCUT2D eigenvalue weighted by atomic mass is 16.5. The fourth-order valence-corrected chi connectivity index (χ4v) is 2.97. The molecule has 26 heavy (non-hydrogen) atoms. The Morgan fingerprint density at radius 3 is 2.35 bits per heavy atom. The monoisotopic (exact) mass is 361 g/mol. The highest BCUT2D eigenvalue weighted by Crippen LogP contribution is 2.37. The number of nitrogens with one attached hydrogen (secondary N) is 1. The van der Waals surface area contributed by atoms with Crippen LogP contribution in [0.4, 0.5) is 5.69 Å². The summed E-state index contributed by atoms with van der Waals surface area (Å²) >= 11 is 0. The first-order valence-corrected chi connectivity index (χ1v) is 8.01. The van der Waals surface area contributed by atoms with E-state index in [4.69, 9.17) is 9.47 Å². The van der Waals surface area contributed by atoms with Gasteiger partial charge >= 0.3 is 5.97 Å². The number of aryl methyl sites for hydroxylation is 2. The van der Waals surface area contributed by atoms with Crippen molar-refractivity contribution in [1.29, 1.82) is 0 Å². The van der Waals surface area contributed by atoms with Crippen LogP contribution in [0, 0.1) is 13.8 Å². The van der Waals surface area contributed by atoms with Crippen LogP contribution in [0.25, 0.3) is 0 Å². The van der Waals surface area contributed by atoms with E-state index in [1.165, 1.54) is 26.4 Å². The van der Waals surface area contributed by atoms with Crippen molar-refractivity contribution in [2.24, 2.45) is 7.05 Å². The van der Waals surface area contributed by atoms with E-state index in [0.717, 1.165) is 17.0 Å². The molecule has 0 fully saturated rings. The molecular weight excluding hydrogens is 338 g/mol. The van der Waals surface area contributed by atoms with Crippen LogP contribution < -0.4 is 14.8 Å². The lowest BCUT2D eigenvalue weighted by Gasteiger charge is -2.17. The first-order chi connectivity index (χ1) is 12.2. The molecule has 1 heterocycles. The minimum absolute atomic E-state index is 0.0145. The van der Waals surface area contributed by atoms with Crippen molar-refractivity contribution in [3.8, 4) is 11.5 Å². The molecule has 1 unspecified atom stereocenters. The Morgan fingerprint density at radius 2 is 1.88 bits per heavy atom. The SMILES string of the molecule is COc1cc(C(=O)O)cc(NC(=O)C(C)c2c(C)nn(C)c2C)c1OC. The zero-order valence-electron chi connectivity index (χ0n) is 15.7. The molecule has 1 atom stereocenters. The van der Waals surface area contributed by atoms with Crippen LogP contribution in [0.2, 0.25) is 0 Å². The van der Waals surface area contributed by atoms with Gasteiger partial charge in [-0.1, -0.05) is 0 Å². The predicted molar refractivity (Wildman–Crippen MR) is 96.2 cm³/mol. The van der Waals surface area contributed by atoms with Crippen LogP contribution in [-0.4, -0.2) is 41.0 Å². The lowest BCUT2D eigenvalue weighted by Crippen LogP contribution is -2.20. The number of methoxy groups -OCH3 is 2. The van der Waals surface area contributed by atoms with Gasteiger partial charge in [0.05, 0.1) is 37.1 Å². The number of ether oxygens (including phenoxy) is 2. The van der Waals surface area contributed by atoms with Gasteiger partial charge in [0.2, 0.25) is 5.91 Å². The molecule has 140 valence electrons. The van der Waals surface area contributed by atoms with Gasteiger partial charge in [0.25, 0.3) is 0 Å². The van der Waals surface area contributed by atoms with Gasteiger partial charge in [-0.05, 0) is 32.9 Å². The summed E-state index contributed by atoms with van der Waals surface area (Å²) in [6, 6.07) is 2.69. The van der Waals surface area contributed by atoms with Crippen molar-refractivity contribution in [1.82, 2.24) is 9.78 Å². The van der Waals surface area contributed by atoms with Gasteiger partial charge in [0.15, 0.2) is 11.5 Å². The maximum Gasteiger partial charge on any atom is 0.335 e. The molecule has 1 aromatic heterocycles. The number of aromatic nitrogens is 2. The summed E-state index contributed by atoms with van der Waals surface area (Å²) in [6.07, 6.45) is 0. The van der Waals surface area contributed by atoms with Crippen molar-refractivity contribution in [3.05, 3.63) is 34.6 Å². The molecular formula is C18H23N3O5. The highest BCUT2D eigenvalue weighted by Gasteiger charge is 2.25. The molecule has 0 saturated carbocycles. The van der Waals surface area contributed by atoms with Crippen LogP contribution in [0.15, 0.2) is 12.1 Å². The van der Waals surface area contributed by atoms with Gasteiger partial charge in [-0.15, -0.1) is 0 Å². The third-order valence-corrected chi connectivity index (χ3v) is 4.37. The maximum absolute atomic E-state index is 12.8. The van der Waals surface area contributed by atoms with Crippen LogP contribution in [0.3, 0.4) is 0 Å². The summed E-state index contributed by atoms with van der Waals surface area (Å²) in [5.41, 5.74) is 2.73. The number of benzene rings is 1. The largest absolute Gasteiger partial charge is 0.493 e. The molecule has 0 aliphatic carbocycles. The third kappa shape index (κ3) is 3.49. The van der Waals surface area contributed by atoms with Gasteiger partial charge < -0.3 is 19.9 Å². The van der Waals surface area contributed by atoms with E-state index in [-0.39, 0.29) is 28.7 Å². The molecule has 1 aromatic carbocycles. The molecule has 2 aromatic rings. The Balaban J connectivity index is 2.41. The number of carbonyl (C=O) groups excluding carboxylic acids is 1. The van der Waals surface area contributed by atoms with E-state index in [0.29, 0.717) is 0 Å². The molecule has 2 rings (SSSR count). The summed E-state index contributed by atoms with van der Waals surface area (Å²) in [5, 5.41) is 16.4. The number of carboxylic acid groups (broad SMARTS) is 1. The number of hydrogen-bond acceptors (Lipinski definition) is 5. The van der Waals surface area contributed by atoms with E-state index in [1.807, 2.05) is 20.9 Å². The average Bonchev–Trinajstić information content (AvgIpc) is 2.85. The number of rotatable bonds is 6. The van der Waals surface area contributed by atoms with Crippen molar-refractivity contribution in [2.75, 3.05) is 19.5 Å². The fraction of sp³-hybridized carbons (Fsp3) is 0.389. The molecule has 0 saturated heterocycles. The first-order valence-electron chi connectivity index (χ1n) is 8.01. The summed E-state index contributed by atoms with van der Waals surface area (Å²) in [7, 11) is 4.65. The van der Waals surface area contributed by atoms with E-state index < -0.39 is 11.9 Å². The summed E-state index contributed by atoms with van der Waals surface area (Å²) in [5.74, 6) is -1.42. The number of nitrogens with zero attached hydrogens (tertiary/aromatic N) is 2. The van der Waals surface area contributed by atoms with E-state index in [2.05, 4.69) is 10.4 Å². The van der Waals surface area contributed by atoms with Gasteiger partial charge in [-0.3, -0.25) is 9.48 Å². The van der Waals surface area contributed by atoms with Gasteiger partial charge in [-0.2, -0.15) is 5.10 Å². The molecule has 0 aliphatic rings. The Hall–Kier alpha value is -3.03. The van der Waals surface area contributed by atoms with Crippen LogP contribution in [0.5, 0.6) is 11.5 Å². The van der Waals surface area contributed by atoms with Crippen molar-refractivity contribution in [2.45, 2.75) is 26.7 Å². The number of amides is 1. The smallest absolute Gasteiger partial charge is 0.335 e. The normalized spacial score (nSPS) is 11.8. The Kier molecular flexibility index (Phi) is 5.54. The molecule has 1 amide bonds. The molecule has 0 radical (unpaired) electrons. The summed E-state index contributed by atoms with van der Waals surface area (Å²) in [6.45, 7) is 5.52. The number of carbonyl (C=O) groups is 2. The van der Waals surface area contributed by atoms with Gasteiger partial charge in [0, 0.05) is 18.3 Å². The zero-order chi connectivity index (χ0) is 19.6. The van der Waals surface area contributed by atoms with Crippen molar-refractivity contribution < 1.29 is 24.2 Å². The minimum atomic E-state index is -1.13. The second-order valence-corrected chi connectivity index (χ2v) is 5.98. The van der Waals surface area contributed by atoms with Gasteiger partial charge in [0.1, 0.15) is 0 Å². The quantitative estimate of drug-likeness (QED) is 0.819. The Labute approximate surface area is 151 Å². The fourth-order valence-electron chi connectivity index (χ4n) is 2.97. The van der Waals surface area contributed by atoms with Crippen LogP contribution in [0.1, 0.15) is 40.2 Å². The van der Waals surface area contributed by atoms with Crippen LogP contribution >= 0.6 is 0 Å². The Morgan fingerprint density at radius 1 is 1.23 bits per heavy atom. The second-order valence-electron chi connectivity index (χ2n) is 5.98. The molecule has 8 nitrogen and oxygen atoms in total. The van der Waals surface area contributed by atoms with E-state index in [1.54, 1.807) is 11.6 Å². The molecule has 0 bridgehead atoms. The molecule has 0 aliphatic heterocycles. The van der Waals surface area contributed by atoms with E-state index in [9.17, 15) is 14.7 Å². The van der Waals surface area contributed by atoms with Crippen molar-refractivity contribution in [3.63, 3.8) is 0 Å². The predicted octanol–water partition coefficient (Wildman–Crippen LogP) is 2.49. The summed E-state index contributed by atoms with van der Waals surface area (Å²) < 4.78 is 12.2. The van der Waals surface area contributed by atoms with Crippen molar-refractivity contribution >= 4 is 17.6 Å². The molecule has 2 N–H and O–H groups in total. The first kappa shape index (κ1) is 19.3. The van der Waals surface area contributed by atoms with Gasteiger partial charge in [-0.25, -0.2) is 4.79 Å². The topological polar surface area (TPSA) is 103 Å². The number of anilines is 1. The number of aromatic carboxylic acids is 1. The minimum Gasteiger partial charge on any atom is -0.493 e. The lowest BCUT2D eigenvalue weighted by atomic mass is 9.98. The third-order valence-electron chi connectivity index (χ3n) is 4.37. The molecule has 8 heteroatoms. The zero-order valence-corrected chi connectivity index (χ0v) is 15.7. The number of carboxylic acids is 1. The number of hydrogen-bond donors (Lipinski definition) is 2. The summed E-state index contributed by atoms with van der Waals surface area (Å²) in [4.78, 5) is 24.1. The second kappa shape index (κ2) is 7.47. The standard InChI is InChI=1S/C18H23N3O5/c1-9(15-10(2)20-21(4)11(15)3)17(22)19-13-7-12(18(23)24)8-14(25-5)16(13)26-6/h7-9H,1-6H3,(H,19,22)(H,23,24). The maximum atomic E-state index is 12.8. The highest BCUT2D eigenvalue weighted by molar-refractivity contribution is 5.99. The molecule has 0 spiro atoms. The van der Waals surface area contributed by atoms with E-state index >= 15 is 0 Å². The lowest BCUT2D eigenvalue weighted by molar-refractivity contribution is -0.117. The Bertz CT molecular complexity index is 857. The van der Waals surface area contributed by atoms with Crippen LogP contribution in [-0.2, 0) is 11.8 Å².